The molecule has 0 bridgehead atoms. The summed E-state index contributed by atoms with van der Waals surface area (Å²) in [6.07, 6.45) is 0.512. The van der Waals surface area contributed by atoms with Gasteiger partial charge in [0.1, 0.15) is 0 Å². The van der Waals surface area contributed by atoms with E-state index in [1.807, 2.05) is 0 Å². The van der Waals surface area contributed by atoms with Gasteiger partial charge in [-0.25, -0.2) is 4.79 Å². The fourth-order valence-electron chi connectivity index (χ4n) is 0.563. The molecule has 11 heavy (non-hydrogen) atoms. The molecule has 0 aliphatic heterocycles. The number of rotatable bonds is 4. The van der Waals surface area contributed by atoms with E-state index < -0.39 is 6.09 Å². The van der Waals surface area contributed by atoms with E-state index >= 15 is 0 Å². The van der Waals surface area contributed by atoms with Crippen LogP contribution in [0.15, 0.2) is 0 Å². The second kappa shape index (κ2) is 6.28. The van der Waals surface area contributed by atoms with Crippen molar-refractivity contribution in [2.24, 2.45) is 5.92 Å². The highest BCUT2D eigenvalue weighted by Gasteiger charge is 1.99. The van der Waals surface area contributed by atoms with E-state index in [0.29, 0.717) is 12.5 Å². The van der Waals surface area contributed by atoms with Gasteiger partial charge < -0.3 is 10.1 Å². The third-order valence-corrected chi connectivity index (χ3v) is 1.29. The normalized spacial score (nSPS) is 9.82. The maximum Gasteiger partial charge on any atom is 0.408 e. The molecule has 0 saturated heterocycles. The summed E-state index contributed by atoms with van der Waals surface area (Å²) >= 11 is 5.15. The maximum atomic E-state index is 10.6. The van der Waals surface area contributed by atoms with Gasteiger partial charge in [-0.3, -0.25) is 0 Å². The summed E-state index contributed by atoms with van der Waals surface area (Å²) in [6, 6.07) is -0.0898. The molecule has 0 aromatic rings. The SMILES string of the molecule is CC(C)CCNC(=O)OCCl. The molecule has 0 radical (unpaired) electrons. The molecular weight excluding hydrogens is 166 g/mol. The molecule has 0 aliphatic carbocycles. The van der Waals surface area contributed by atoms with Crippen molar-refractivity contribution in [3.8, 4) is 0 Å². The summed E-state index contributed by atoms with van der Waals surface area (Å²) in [4.78, 5) is 10.6. The molecule has 0 heterocycles. The van der Waals surface area contributed by atoms with Crippen LogP contribution in [-0.4, -0.2) is 18.7 Å². The van der Waals surface area contributed by atoms with Crippen molar-refractivity contribution in [1.29, 1.82) is 0 Å². The van der Waals surface area contributed by atoms with E-state index in [0.717, 1.165) is 6.42 Å². The third-order valence-electron chi connectivity index (χ3n) is 1.18. The highest BCUT2D eigenvalue weighted by atomic mass is 35.5. The predicted molar refractivity (Wildman–Crippen MR) is 44.7 cm³/mol. The van der Waals surface area contributed by atoms with E-state index in [9.17, 15) is 4.79 Å². The Kier molecular flexibility index (Phi) is 6.03. The van der Waals surface area contributed by atoms with Crippen LogP contribution in [0, 0.1) is 5.92 Å². The first kappa shape index (κ1) is 10.6. The van der Waals surface area contributed by atoms with Crippen LogP contribution in [-0.2, 0) is 4.74 Å². The first-order valence-corrected chi connectivity index (χ1v) is 4.17. The smallest absolute Gasteiger partial charge is 0.408 e. The second-order valence-electron chi connectivity index (χ2n) is 2.65. The summed E-state index contributed by atoms with van der Waals surface area (Å²) in [6.45, 7) is 4.83. The van der Waals surface area contributed by atoms with E-state index in [-0.39, 0.29) is 6.07 Å². The lowest BCUT2D eigenvalue weighted by atomic mass is 10.1. The van der Waals surface area contributed by atoms with Crippen LogP contribution in [0.1, 0.15) is 20.3 Å². The van der Waals surface area contributed by atoms with Crippen LogP contribution in [0.3, 0.4) is 0 Å². The molecule has 0 aromatic carbocycles. The number of alkyl carbamates (subject to hydrolysis) is 1. The van der Waals surface area contributed by atoms with Crippen molar-refractivity contribution in [2.75, 3.05) is 12.6 Å². The topological polar surface area (TPSA) is 38.3 Å². The average Bonchev–Trinajstić information content (AvgIpc) is 1.87. The Hall–Kier alpha value is -0.440. The first-order chi connectivity index (χ1) is 5.16. The summed E-state index contributed by atoms with van der Waals surface area (Å²) in [5, 5.41) is 2.57. The fourth-order valence-corrected chi connectivity index (χ4v) is 0.663. The quantitative estimate of drug-likeness (QED) is 0.670. The molecule has 66 valence electrons. The lowest BCUT2D eigenvalue weighted by molar-refractivity contribution is 0.164. The molecule has 0 aliphatic rings. The van der Waals surface area contributed by atoms with Gasteiger partial charge in [0.05, 0.1) is 0 Å². The molecule has 1 amide bonds. The predicted octanol–water partition coefficient (Wildman–Crippen LogP) is 1.96. The van der Waals surface area contributed by atoms with Crippen LogP contribution in [0.4, 0.5) is 4.79 Å². The van der Waals surface area contributed by atoms with Crippen LogP contribution in [0.5, 0.6) is 0 Å². The molecule has 0 fully saturated rings. The molecule has 0 unspecified atom stereocenters. The molecule has 0 spiro atoms. The lowest BCUT2D eigenvalue weighted by Crippen LogP contribution is -2.25. The Morgan fingerprint density at radius 3 is 2.73 bits per heavy atom. The summed E-state index contributed by atoms with van der Waals surface area (Å²) in [5.74, 6) is 0.589. The zero-order valence-electron chi connectivity index (χ0n) is 6.89. The Morgan fingerprint density at radius 1 is 1.64 bits per heavy atom. The number of carbonyl (C=O) groups excluding carboxylic acids is 1. The van der Waals surface area contributed by atoms with Gasteiger partial charge >= 0.3 is 6.09 Å². The zero-order valence-corrected chi connectivity index (χ0v) is 7.65. The Bertz CT molecular complexity index is 117. The maximum absolute atomic E-state index is 10.6. The lowest BCUT2D eigenvalue weighted by Gasteiger charge is -2.05. The van der Waals surface area contributed by atoms with Crippen LogP contribution >= 0.6 is 11.6 Å². The molecule has 0 atom stereocenters. The van der Waals surface area contributed by atoms with Gasteiger partial charge in [-0.2, -0.15) is 0 Å². The molecule has 0 aromatic heterocycles. The van der Waals surface area contributed by atoms with Crippen molar-refractivity contribution in [3.05, 3.63) is 0 Å². The van der Waals surface area contributed by atoms with Gasteiger partial charge in [0.15, 0.2) is 6.07 Å². The monoisotopic (exact) mass is 179 g/mol. The Labute approximate surface area is 72.1 Å². The van der Waals surface area contributed by atoms with Crippen molar-refractivity contribution >= 4 is 17.7 Å². The van der Waals surface area contributed by atoms with Crippen molar-refractivity contribution in [1.82, 2.24) is 5.32 Å². The third kappa shape index (κ3) is 7.46. The highest BCUT2D eigenvalue weighted by Crippen LogP contribution is 1.96. The molecule has 3 nitrogen and oxygen atoms in total. The summed E-state index contributed by atoms with van der Waals surface area (Å²) < 4.78 is 4.44. The summed E-state index contributed by atoms with van der Waals surface area (Å²) in [7, 11) is 0. The van der Waals surface area contributed by atoms with E-state index in [1.165, 1.54) is 0 Å². The number of alkyl halides is 1. The van der Waals surface area contributed by atoms with Crippen molar-refractivity contribution < 1.29 is 9.53 Å². The van der Waals surface area contributed by atoms with E-state index in [1.54, 1.807) is 0 Å². The minimum absolute atomic E-state index is 0.0898. The van der Waals surface area contributed by atoms with Gasteiger partial charge in [0.25, 0.3) is 0 Å². The molecule has 1 N–H and O–H groups in total. The number of hydrogen-bond acceptors (Lipinski definition) is 2. The largest absolute Gasteiger partial charge is 0.433 e. The number of ether oxygens (including phenoxy) is 1. The van der Waals surface area contributed by atoms with Crippen molar-refractivity contribution in [2.45, 2.75) is 20.3 Å². The van der Waals surface area contributed by atoms with E-state index in [2.05, 4.69) is 23.9 Å². The number of hydrogen-bond donors (Lipinski definition) is 1. The molecule has 4 heteroatoms. The number of nitrogens with one attached hydrogen (secondary N) is 1. The molecule has 0 saturated carbocycles. The van der Waals surface area contributed by atoms with Crippen LogP contribution in [0.2, 0.25) is 0 Å². The zero-order chi connectivity index (χ0) is 8.69. The fraction of sp³-hybridized carbons (Fsp3) is 0.857. The molecular formula is C7H14ClNO2. The van der Waals surface area contributed by atoms with Gasteiger partial charge in [-0.05, 0) is 12.3 Å². The number of amides is 1. The Morgan fingerprint density at radius 2 is 2.27 bits per heavy atom. The minimum Gasteiger partial charge on any atom is -0.433 e. The first-order valence-electron chi connectivity index (χ1n) is 3.63. The number of carbonyl (C=O) groups is 1. The van der Waals surface area contributed by atoms with Crippen molar-refractivity contribution in [3.63, 3.8) is 0 Å². The van der Waals surface area contributed by atoms with Gasteiger partial charge in [-0.1, -0.05) is 25.4 Å². The highest BCUT2D eigenvalue weighted by molar-refractivity contribution is 6.17. The number of halogens is 1. The summed E-state index contributed by atoms with van der Waals surface area (Å²) in [5.41, 5.74) is 0. The average molecular weight is 180 g/mol. The van der Waals surface area contributed by atoms with Gasteiger partial charge in [-0.15, -0.1) is 0 Å². The second-order valence-corrected chi connectivity index (χ2v) is 2.87. The van der Waals surface area contributed by atoms with Crippen LogP contribution in [0.25, 0.3) is 0 Å². The van der Waals surface area contributed by atoms with Crippen LogP contribution < -0.4 is 5.32 Å². The standard InChI is InChI=1S/C7H14ClNO2/c1-6(2)3-4-9-7(10)11-5-8/h6H,3-5H2,1-2H3,(H,9,10). The molecule has 0 rings (SSSR count). The van der Waals surface area contributed by atoms with Gasteiger partial charge in [0, 0.05) is 6.54 Å². The Balaban J connectivity index is 3.17. The van der Waals surface area contributed by atoms with Gasteiger partial charge in [0.2, 0.25) is 0 Å². The minimum atomic E-state index is -0.444. The van der Waals surface area contributed by atoms with E-state index in [4.69, 9.17) is 11.6 Å².